The van der Waals surface area contributed by atoms with Gasteiger partial charge in [-0.2, -0.15) is 5.26 Å². The van der Waals surface area contributed by atoms with E-state index >= 15 is 0 Å². The van der Waals surface area contributed by atoms with E-state index in [2.05, 4.69) is 15.6 Å². The first kappa shape index (κ1) is 14.1. The normalized spacial score (nSPS) is 19.0. The number of hydrogen-bond acceptors (Lipinski definition) is 6. The summed E-state index contributed by atoms with van der Waals surface area (Å²) in [6.45, 7) is 4.47. The summed E-state index contributed by atoms with van der Waals surface area (Å²) in [6, 6.07) is 1.69. The minimum Gasteiger partial charge on any atom is -0.355 e. The van der Waals surface area contributed by atoms with Crippen LogP contribution in [-0.2, 0) is 4.79 Å². The van der Waals surface area contributed by atoms with E-state index < -0.39 is 0 Å². The van der Waals surface area contributed by atoms with Crippen molar-refractivity contribution in [3.8, 4) is 6.07 Å². The zero-order valence-corrected chi connectivity index (χ0v) is 12.0. The van der Waals surface area contributed by atoms with E-state index in [4.69, 9.17) is 16.9 Å². The SMILES string of the molecule is CCNC(=O)C1CNCCN1c1nc(Cl)c(C#N)s1. The summed E-state index contributed by atoms with van der Waals surface area (Å²) in [5.74, 6) is -0.0421. The molecule has 8 heteroatoms. The van der Waals surface area contributed by atoms with Crippen LogP contribution in [0.5, 0.6) is 0 Å². The summed E-state index contributed by atoms with van der Waals surface area (Å²) >= 11 is 7.11. The Balaban J connectivity index is 2.23. The summed E-state index contributed by atoms with van der Waals surface area (Å²) in [6.07, 6.45) is 0. The summed E-state index contributed by atoms with van der Waals surface area (Å²) in [4.78, 5) is 18.5. The first-order chi connectivity index (χ1) is 9.17. The average Bonchev–Trinajstić information content (AvgIpc) is 2.80. The van der Waals surface area contributed by atoms with Gasteiger partial charge in [-0.1, -0.05) is 22.9 Å². The van der Waals surface area contributed by atoms with Crippen molar-refractivity contribution in [2.24, 2.45) is 0 Å². The number of piperazine rings is 1. The van der Waals surface area contributed by atoms with Gasteiger partial charge in [0.2, 0.25) is 5.91 Å². The molecule has 1 aromatic rings. The number of rotatable bonds is 3. The fourth-order valence-electron chi connectivity index (χ4n) is 1.94. The van der Waals surface area contributed by atoms with E-state index in [1.807, 2.05) is 17.9 Å². The lowest BCUT2D eigenvalue weighted by Gasteiger charge is -2.34. The molecule has 6 nitrogen and oxygen atoms in total. The first-order valence-electron chi connectivity index (χ1n) is 5.98. The van der Waals surface area contributed by atoms with Crippen molar-refractivity contribution in [2.45, 2.75) is 13.0 Å². The Hall–Kier alpha value is -1.36. The molecule has 0 bridgehead atoms. The third-order valence-corrected chi connectivity index (χ3v) is 4.20. The lowest BCUT2D eigenvalue weighted by molar-refractivity contribution is -0.122. The number of anilines is 1. The van der Waals surface area contributed by atoms with Crippen LogP contribution < -0.4 is 15.5 Å². The zero-order valence-electron chi connectivity index (χ0n) is 10.4. The van der Waals surface area contributed by atoms with E-state index in [1.165, 1.54) is 11.3 Å². The van der Waals surface area contributed by atoms with Crippen LogP contribution in [0.25, 0.3) is 0 Å². The molecule has 0 aromatic carbocycles. The highest BCUT2D eigenvalue weighted by Crippen LogP contribution is 2.30. The van der Waals surface area contributed by atoms with E-state index in [0.29, 0.717) is 29.6 Å². The molecule has 1 aliphatic heterocycles. The molecule has 2 rings (SSSR count). The predicted octanol–water partition coefficient (Wildman–Crippen LogP) is 0.582. The molecule has 19 heavy (non-hydrogen) atoms. The van der Waals surface area contributed by atoms with Crippen molar-refractivity contribution < 1.29 is 4.79 Å². The molecule has 1 aliphatic rings. The van der Waals surface area contributed by atoms with Crippen LogP contribution in [0, 0.1) is 11.3 Å². The summed E-state index contributed by atoms with van der Waals surface area (Å²) < 4.78 is 0. The lowest BCUT2D eigenvalue weighted by atomic mass is 10.2. The number of nitriles is 1. The van der Waals surface area contributed by atoms with Crippen LogP contribution in [-0.4, -0.2) is 43.1 Å². The number of nitrogens with zero attached hydrogens (tertiary/aromatic N) is 3. The van der Waals surface area contributed by atoms with E-state index in [0.717, 1.165) is 6.54 Å². The second-order valence-electron chi connectivity index (χ2n) is 4.04. The van der Waals surface area contributed by atoms with Crippen LogP contribution in [0.15, 0.2) is 0 Å². The van der Waals surface area contributed by atoms with Gasteiger partial charge in [-0.3, -0.25) is 4.79 Å². The Morgan fingerprint density at radius 1 is 1.79 bits per heavy atom. The van der Waals surface area contributed by atoms with Crippen molar-refractivity contribution in [1.29, 1.82) is 5.26 Å². The van der Waals surface area contributed by atoms with E-state index in [-0.39, 0.29) is 17.1 Å². The van der Waals surface area contributed by atoms with Gasteiger partial charge in [-0.05, 0) is 6.92 Å². The van der Waals surface area contributed by atoms with E-state index in [9.17, 15) is 4.79 Å². The average molecular weight is 300 g/mol. The van der Waals surface area contributed by atoms with Gasteiger partial charge < -0.3 is 15.5 Å². The van der Waals surface area contributed by atoms with Gasteiger partial charge in [0.15, 0.2) is 10.3 Å². The number of aromatic nitrogens is 1. The molecule has 0 radical (unpaired) electrons. The van der Waals surface area contributed by atoms with Gasteiger partial charge in [0.25, 0.3) is 0 Å². The third kappa shape index (κ3) is 2.97. The quantitative estimate of drug-likeness (QED) is 0.853. The van der Waals surface area contributed by atoms with Gasteiger partial charge in [0.1, 0.15) is 17.0 Å². The van der Waals surface area contributed by atoms with Crippen molar-refractivity contribution in [1.82, 2.24) is 15.6 Å². The van der Waals surface area contributed by atoms with E-state index in [1.54, 1.807) is 0 Å². The maximum atomic E-state index is 12.0. The topological polar surface area (TPSA) is 81.1 Å². The molecular formula is C11H14ClN5OS. The molecule has 0 aliphatic carbocycles. The van der Waals surface area contributed by atoms with Gasteiger partial charge in [-0.25, -0.2) is 4.98 Å². The van der Waals surface area contributed by atoms with Gasteiger partial charge >= 0.3 is 0 Å². The minimum atomic E-state index is -0.317. The molecule has 1 atom stereocenters. The first-order valence-corrected chi connectivity index (χ1v) is 7.18. The van der Waals surface area contributed by atoms with Crippen LogP contribution in [0.4, 0.5) is 5.13 Å². The minimum absolute atomic E-state index is 0.0421. The number of carbonyl (C=O) groups is 1. The number of hydrogen-bond donors (Lipinski definition) is 2. The second-order valence-corrected chi connectivity index (χ2v) is 5.37. The smallest absolute Gasteiger partial charge is 0.244 e. The van der Waals surface area contributed by atoms with Crippen molar-refractivity contribution in [3.63, 3.8) is 0 Å². The highest BCUT2D eigenvalue weighted by molar-refractivity contribution is 7.16. The molecule has 2 N–H and O–H groups in total. The lowest BCUT2D eigenvalue weighted by Crippen LogP contribution is -2.58. The fourth-order valence-corrected chi connectivity index (χ4v) is 3.06. The maximum Gasteiger partial charge on any atom is 0.244 e. The number of halogens is 1. The van der Waals surface area contributed by atoms with Crippen molar-refractivity contribution in [3.05, 3.63) is 10.0 Å². The number of amides is 1. The van der Waals surface area contributed by atoms with Gasteiger partial charge in [-0.15, -0.1) is 0 Å². The van der Waals surface area contributed by atoms with Crippen LogP contribution in [0.2, 0.25) is 5.15 Å². The zero-order chi connectivity index (χ0) is 13.8. The monoisotopic (exact) mass is 299 g/mol. The Bertz CT molecular complexity index is 512. The number of nitrogens with one attached hydrogen (secondary N) is 2. The molecule has 0 spiro atoms. The Kier molecular flexibility index (Phi) is 4.58. The highest BCUT2D eigenvalue weighted by atomic mass is 35.5. The Labute approximate surface area is 120 Å². The molecule has 1 saturated heterocycles. The summed E-state index contributed by atoms with van der Waals surface area (Å²) in [7, 11) is 0. The maximum absolute atomic E-state index is 12.0. The number of thiazole rings is 1. The molecular weight excluding hydrogens is 286 g/mol. The van der Waals surface area contributed by atoms with Crippen molar-refractivity contribution in [2.75, 3.05) is 31.1 Å². The van der Waals surface area contributed by atoms with Crippen LogP contribution in [0.3, 0.4) is 0 Å². The van der Waals surface area contributed by atoms with Crippen molar-refractivity contribution >= 4 is 34.0 Å². The molecule has 1 unspecified atom stereocenters. The Morgan fingerprint density at radius 3 is 3.21 bits per heavy atom. The fraction of sp³-hybridized carbons (Fsp3) is 0.545. The predicted molar refractivity (Wildman–Crippen MR) is 74.5 cm³/mol. The second kappa shape index (κ2) is 6.19. The number of likely N-dealkylation sites (N-methyl/N-ethyl adjacent to an activating group) is 1. The molecule has 1 aromatic heterocycles. The summed E-state index contributed by atoms with van der Waals surface area (Å²) in [5.41, 5.74) is 0. The third-order valence-electron chi connectivity index (χ3n) is 2.82. The number of carbonyl (C=O) groups excluding carboxylic acids is 1. The highest BCUT2D eigenvalue weighted by Gasteiger charge is 2.30. The molecule has 1 amide bonds. The standard InChI is InChI=1S/C11H14ClN5OS/c1-2-15-10(18)7-6-14-3-4-17(7)11-16-9(12)8(5-13)19-11/h7,14H,2-4,6H2,1H3,(H,15,18). The largest absolute Gasteiger partial charge is 0.355 e. The Morgan fingerprint density at radius 2 is 2.58 bits per heavy atom. The van der Waals surface area contributed by atoms with Gasteiger partial charge in [0.05, 0.1) is 0 Å². The summed E-state index contributed by atoms with van der Waals surface area (Å²) in [5, 5.41) is 15.7. The molecule has 1 fully saturated rings. The molecule has 2 heterocycles. The molecule has 0 saturated carbocycles. The van der Waals surface area contributed by atoms with Crippen LogP contribution in [0.1, 0.15) is 11.8 Å². The van der Waals surface area contributed by atoms with Gasteiger partial charge in [0, 0.05) is 26.2 Å². The molecule has 102 valence electrons. The van der Waals surface area contributed by atoms with Crippen LogP contribution >= 0.6 is 22.9 Å².